The van der Waals surface area contributed by atoms with Crippen molar-refractivity contribution in [3.8, 4) is 0 Å². The zero-order chi connectivity index (χ0) is 23.0. The van der Waals surface area contributed by atoms with Crippen molar-refractivity contribution in [2.45, 2.75) is 95.4 Å². The molecule has 1 aromatic rings. The van der Waals surface area contributed by atoms with Crippen molar-refractivity contribution in [3.05, 3.63) is 48.0 Å². The third-order valence-electron chi connectivity index (χ3n) is 7.72. The smallest absolute Gasteiger partial charge is 0.303 e. The summed E-state index contributed by atoms with van der Waals surface area (Å²) in [6.45, 7) is 0. The number of rotatable bonds is 13. The Balaban J connectivity index is 1.49. The summed E-state index contributed by atoms with van der Waals surface area (Å²) in [5.41, 5.74) is 1.18. The molecule has 4 nitrogen and oxygen atoms in total. The first kappa shape index (κ1) is 24.9. The number of aliphatic carboxylic acids is 1. The van der Waals surface area contributed by atoms with Crippen LogP contribution < -0.4 is 0 Å². The lowest BCUT2D eigenvalue weighted by Gasteiger charge is -2.46. The summed E-state index contributed by atoms with van der Waals surface area (Å²) in [5.74, 6) is -1.17. The summed E-state index contributed by atoms with van der Waals surface area (Å²) < 4.78 is 14.5. The fraction of sp³-hybridized carbons (Fsp3) is 0.667. The summed E-state index contributed by atoms with van der Waals surface area (Å²) in [4.78, 5) is 10.6. The van der Waals surface area contributed by atoms with E-state index in [9.17, 15) is 19.4 Å². The first-order chi connectivity index (χ1) is 15.4. The largest absolute Gasteiger partial charge is 0.481 e. The second kappa shape index (κ2) is 11.9. The van der Waals surface area contributed by atoms with E-state index in [0.717, 1.165) is 44.9 Å². The molecule has 0 aliphatic heterocycles. The molecule has 0 aromatic heterocycles. The minimum absolute atomic E-state index is 0.0715. The van der Waals surface area contributed by atoms with E-state index in [1.807, 2.05) is 30.4 Å². The second-order valence-corrected chi connectivity index (χ2v) is 9.96. The molecule has 2 fully saturated rings. The lowest BCUT2D eigenvalue weighted by Crippen LogP contribution is -2.43. The van der Waals surface area contributed by atoms with Crippen molar-refractivity contribution < 1.29 is 24.5 Å². The van der Waals surface area contributed by atoms with Crippen LogP contribution in [0.15, 0.2) is 42.5 Å². The molecule has 0 spiro atoms. The van der Waals surface area contributed by atoms with Gasteiger partial charge in [0, 0.05) is 24.2 Å². The number of aliphatic hydroxyl groups excluding tert-OH is 2. The van der Waals surface area contributed by atoms with Gasteiger partial charge in [0.2, 0.25) is 0 Å². The highest BCUT2D eigenvalue weighted by atomic mass is 19.1. The molecular weight excluding hydrogens is 407 g/mol. The quantitative estimate of drug-likeness (QED) is 0.277. The zero-order valence-electron chi connectivity index (χ0n) is 19.0. The fourth-order valence-corrected chi connectivity index (χ4v) is 5.62. The van der Waals surface area contributed by atoms with Gasteiger partial charge in [-0.05, 0) is 50.0 Å². The van der Waals surface area contributed by atoms with Crippen molar-refractivity contribution in [1.82, 2.24) is 0 Å². The van der Waals surface area contributed by atoms with Crippen LogP contribution in [-0.2, 0) is 11.2 Å². The van der Waals surface area contributed by atoms with Crippen LogP contribution in [0.2, 0.25) is 0 Å². The van der Waals surface area contributed by atoms with Gasteiger partial charge in [-0.2, -0.15) is 0 Å². The normalized spacial score (nSPS) is 28.0. The SMILES string of the molecule is O=C(O)CCCCCC[C@@H]1[C@@H](/C=C/CC(O)C2(Cc3ccccc3)CCC2)[C@H](O)C[C@H]1F. The molecule has 2 saturated carbocycles. The topological polar surface area (TPSA) is 77.8 Å². The Morgan fingerprint density at radius 2 is 1.88 bits per heavy atom. The molecule has 0 saturated heterocycles. The molecule has 3 N–H and O–H groups in total. The van der Waals surface area contributed by atoms with Crippen LogP contribution >= 0.6 is 0 Å². The summed E-state index contributed by atoms with van der Waals surface area (Å²) in [5, 5.41) is 30.1. The highest BCUT2D eigenvalue weighted by molar-refractivity contribution is 5.66. The number of hydrogen-bond acceptors (Lipinski definition) is 3. The number of hydrogen-bond donors (Lipinski definition) is 3. The predicted octanol–water partition coefficient (Wildman–Crippen LogP) is 5.47. The van der Waals surface area contributed by atoms with E-state index < -0.39 is 24.3 Å². The van der Waals surface area contributed by atoms with Gasteiger partial charge >= 0.3 is 5.97 Å². The molecule has 32 heavy (non-hydrogen) atoms. The lowest BCUT2D eigenvalue weighted by atomic mass is 9.61. The molecule has 0 heterocycles. The van der Waals surface area contributed by atoms with Crippen LogP contribution in [0.3, 0.4) is 0 Å². The fourth-order valence-electron chi connectivity index (χ4n) is 5.62. The third-order valence-corrected chi connectivity index (χ3v) is 7.72. The Hall–Kier alpha value is -1.72. The maximum Gasteiger partial charge on any atom is 0.303 e. The van der Waals surface area contributed by atoms with Gasteiger partial charge in [0.05, 0.1) is 12.2 Å². The van der Waals surface area contributed by atoms with E-state index in [1.54, 1.807) is 0 Å². The number of unbranched alkanes of at least 4 members (excludes halogenated alkanes) is 3. The molecule has 1 unspecified atom stereocenters. The Bertz CT molecular complexity index is 730. The van der Waals surface area contributed by atoms with Gasteiger partial charge in [0.15, 0.2) is 0 Å². The van der Waals surface area contributed by atoms with Crippen molar-refractivity contribution >= 4 is 5.97 Å². The molecule has 0 amide bonds. The van der Waals surface area contributed by atoms with E-state index in [0.29, 0.717) is 19.3 Å². The Morgan fingerprint density at radius 1 is 1.16 bits per heavy atom. The van der Waals surface area contributed by atoms with Gasteiger partial charge in [-0.1, -0.05) is 68.2 Å². The van der Waals surface area contributed by atoms with Crippen molar-refractivity contribution in [2.24, 2.45) is 17.3 Å². The summed E-state index contributed by atoms with van der Waals surface area (Å²) in [6, 6.07) is 10.3. The average molecular weight is 447 g/mol. The molecule has 0 bridgehead atoms. The van der Waals surface area contributed by atoms with E-state index in [-0.39, 0.29) is 30.1 Å². The van der Waals surface area contributed by atoms with Crippen LogP contribution in [0.5, 0.6) is 0 Å². The molecule has 2 aliphatic carbocycles. The highest BCUT2D eigenvalue weighted by Gasteiger charge is 2.43. The van der Waals surface area contributed by atoms with E-state index >= 15 is 0 Å². The lowest BCUT2D eigenvalue weighted by molar-refractivity contribution is -0.137. The number of benzene rings is 1. The first-order valence-corrected chi connectivity index (χ1v) is 12.3. The Morgan fingerprint density at radius 3 is 2.53 bits per heavy atom. The molecule has 5 atom stereocenters. The number of carboxylic acid groups (broad SMARTS) is 1. The number of carboxylic acids is 1. The maximum atomic E-state index is 14.5. The van der Waals surface area contributed by atoms with Gasteiger partial charge in [-0.25, -0.2) is 4.39 Å². The van der Waals surface area contributed by atoms with Crippen molar-refractivity contribution in [2.75, 3.05) is 0 Å². The van der Waals surface area contributed by atoms with Crippen LogP contribution in [-0.4, -0.2) is 39.7 Å². The molecule has 3 rings (SSSR count). The third kappa shape index (κ3) is 6.64. The van der Waals surface area contributed by atoms with E-state index in [1.165, 1.54) is 5.56 Å². The minimum Gasteiger partial charge on any atom is -0.481 e. The monoisotopic (exact) mass is 446 g/mol. The van der Waals surface area contributed by atoms with E-state index in [2.05, 4.69) is 12.1 Å². The van der Waals surface area contributed by atoms with Gasteiger partial charge < -0.3 is 15.3 Å². The molecular formula is C27H39FO4. The summed E-state index contributed by atoms with van der Waals surface area (Å²) >= 11 is 0. The number of carbonyl (C=O) groups is 1. The standard InChI is InChI=1S/C27H39FO4/c28-23-18-24(29)22(21(23)12-6-1-2-7-15-26(31)32)13-8-14-25(30)27(16-9-17-27)19-20-10-4-3-5-11-20/h3-5,8,10-11,13,21-25,29-30H,1-2,6-7,9,12,14-19H2,(H,31,32)/b13-8+/t21-,22-,23-,24-,25?/m1/s1. The molecule has 2 aliphatic rings. The highest BCUT2D eigenvalue weighted by Crippen LogP contribution is 2.48. The van der Waals surface area contributed by atoms with Gasteiger partial charge in [0.1, 0.15) is 6.17 Å². The van der Waals surface area contributed by atoms with Crippen LogP contribution in [0.4, 0.5) is 4.39 Å². The van der Waals surface area contributed by atoms with Crippen molar-refractivity contribution in [1.29, 1.82) is 0 Å². The predicted molar refractivity (Wildman–Crippen MR) is 124 cm³/mol. The zero-order valence-corrected chi connectivity index (χ0v) is 19.0. The molecule has 0 radical (unpaired) electrons. The van der Waals surface area contributed by atoms with Gasteiger partial charge in [-0.3, -0.25) is 4.79 Å². The number of alkyl halides is 1. The number of aliphatic hydroxyl groups is 2. The number of halogens is 1. The second-order valence-electron chi connectivity index (χ2n) is 9.96. The Kier molecular flexibility index (Phi) is 9.30. The molecule has 178 valence electrons. The van der Waals surface area contributed by atoms with Gasteiger partial charge in [0.25, 0.3) is 0 Å². The first-order valence-electron chi connectivity index (χ1n) is 12.3. The van der Waals surface area contributed by atoms with Crippen molar-refractivity contribution in [3.63, 3.8) is 0 Å². The Labute approximate surface area is 191 Å². The van der Waals surface area contributed by atoms with Crippen LogP contribution in [0.1, 0.15) is 76.2 Å². The summed E-state index contributed by atoms with van der Waals surface area (Å²) in [6.07, 6.45) is 10.7. The van der Waals surface area contributed by atoms with E-state index in [4.69, 9.17) is 5.11 Å². The maximum absolute atomic E-state index is 14.5. The minimum atomic E-state index is -1.00. The molecule has 1 aromatic carbocycles. The average Bonchev–Trinajstić information content (AvgIpc) is 3.00. The van der Waals surface area contributed by atoms with Crippen LogP contribution in [0, 0.1) is 17.3 Å². The van der Waals surface area contributed by atoms with Gasteiger partial charge in [-0.15, -0.1) is 0 Å². The summed E-state index contributed by atoms with van der Waals surface area (Å²) in [7, 11) is 0. The van der Waals surface area contributed by atoms with Crippen LogP contribution in [0.25, 0.3) is 0 Å². The molecule has 5 heteroatoms.